The molecule has 2 aromatic carbocycles. The van der Waals surface area contributed by atoms with Gasteiger partial charge in [0.2, 0.25) is 0 Å². The maximum absolute atomic E-state index is 12.9. The van der Waals surface area contributed by atoms with Gasteiger partial charge in [0.25, 0.3) is 11.8 Å². The van der Waals surface area contributed by atoms with E-state index in [1.807, 2.05) is 6.92 Å². The highest BCUT2D eigenvalue weighted by molar-refractivity contribution is 5.95. The van der Waals surface area contributed by atoms with E-state index < -0.39 is 5.92 Å². The van der Waals surface area contributed by atoms with Crippen molar-refractivity contribution in [2.45, 2.75) is 13.8 Å². The van der Waals surface area contributed by atoms with Crippen molar-refractivity contribution in [1.29, 1.82) is 0 Å². The van der Waals surface area contributed by atoms with Crippen molar-refractivity contribution in [2.75, 3.05) is 46.3 Å². The molecule has 9 heteroatoms. The van der Waals surface area contributed by atoms with E-state index in [1.165, 1.54) is 21.3 Å². The van der Waals surface area contributed by atoms with Crippen LogP contribution in [0.25, 0.3) is 0 Å². The molecule has 1 unspecified atom stereocenters. The molecule has 0 saturated carbocycles. The van der Waals surface area contributed by atoms with Gasteiger partial charge in [-0.15, -0.1) is 0 Å². The Morgan fingerprint density at radius 3 is 2.30 bits per heavy atom. The lowest BCUT2D eigenvalue weighted by Crippen LogP contribution is -2.37. The number of amides is 2. The predicted molar refractivity (Wildman–Crippen MR) is 123 cm³/mol. The Bertz CT molecular complexity index is 977. The van der Waals surface area contributed by atoms with Crippen LogP contribution in [0, 0.1) is 5.92 Å². The van der Waals surface area contributed by atoms with Crippen LogP contribution in [-0.2, 0) is 14.3 Å². The number of nitrogens with zero attached hydrogens (tertiary/aromatic N) is 1. The van der Waals surface area contributed by atoms with Crippen molar-refractivity contribution in [3.8, 4) is 17.2 Å². The summed E-state index contributed by atoms with van der Waals surface area (Å²) in [6, 6.07) is 11.7. The molecule has 2 aromatic rings. The second kappa shape index (κ2) is 12.3. The zero-order valence-corrected chi connectivity index (χ0v) is 19.5. The molecular formula is C24H30N2O7. The van der Waals surface area contributed by atoms with E-state index in [2.05, 4.69) is 5.32 Å². The molecular weight excluding hydrogens is 428 g/mol. The number of nitrogens with one attached hydrogen (secondary N) is 1. The maximum Gasteiger partial charge on any atom is 0.310 e. The van der Waals surface area contributed by atoms with E-state index >= 15 is 0 Å². The summed E-state index contributed by atoms with van der Waals surface area (Å²) in [6.07, 6.45) is 0. The molecule has 0 spiro atoms. The predicted octanol–water partition coefficient (Wildman–Crippen LogP) is 2.99. The SMILES string of the molecule is CCN(CC(C)C(=O)OC)C(=O)c1ccc(OCC(=O)Nc2ccccc2OC)c(OC)c1. The highest BCUT2D eigenvalue weighted by atomic mass is 16.5. The van der Waals surface area contributed by atoms with Crippen LogP contribution in [0.1, 0.15) is 24.2 Å². The van der Waals surface area contributed by atoms with Gasteiger partial charge in [0.15, 0.2) is 18.1 Å². The summed E-state index contributed by atoms with van der Waals surface area (Å²) in [4.78, 5) is 38.5. The minimum absolute atomic E-state index is 0.228. The molecule has 1 N–H and O–H groups in total. The number of carbonyl (C=O) groups is 3. The Kier molecular flexibility index (Phi) is 9.53. The fraction of sp³-hybridized carbons (Fsp3) is 0.375. The van der Waals surface area contributed by atoms with Crippen molar-refractivity contribution in [2.24, 2.45) is 5.92 Å². The summed E-state index contributed by atoms with van der Waals surface area (Å²) >= 11 is 0. The van der Waals surface area contributed by atoms with Crippen molar-refractivity contribution in [3.05, 3.63) is 48.0 Å². The van der Waals surface area contributed by atoms with Gasteiger partial charge >= 0.3 is 5.97 Å². The third-order valence-corrected chi connectivity index (χ3v) is 4.92. The lowest BCUT2D eigenvalue weighted by atomic mass is 10.1. The molecule has 0 saturated heterocycles. The lowest BCUT2D eigenvalue weighted by molar-refractivity contribution is -0.145. The molecule has 0 aromatic heterocycles. The van der Waals surface area contributed by atoms with Gasteiger partial charge in [-0.1, -0.05) is 19.1 Å². The van der Waals surface area contributed by atoms with Gasteiger partial charge in [0.1, 0.15) is 5.75 Å². The third-order valence-electron chi connectivity index (χ3n) is 4.92. The van der Waals surface area contributed by atoms with E-state index in [9.17, 15) is 14.4 Å². The molecule has 1 atom stereocenters. The monoisotopic (exact) mass is 458 g/mol. The summed E-state index contributed by atoms with van der Waals surface area (Å²) < 4.78 is 20.9. The average Bonchev–Trinajstić information content (AvgIpc) is 2.85. The van der Waals surface area contributed by atoms with Crippen LogP contribution in [0.3, 0.4) is 0 Å². The van der Waals surface area contributed by atoms with Crippen molar-refractivity contribution in [3.63, 3.8) is 0 Å². The smallest absolute Gasteiger partial charge is 0.310 e. The number of hydrogen-bond acceptors (Lipinski definition) is 7. The van der Waals surface area contributed by atoms with Gasteiger partial charge < -0.3 is 29.2 Å². The lowest BCUT2D eigenvalue weighted by Gasteiger charge is -2.24. The zero-order chi connectivity index (χ0) is 24.4. The standard InChI is InChI=1S/C24H30N2O7/c1-6-26(14-16(2)24(29)32-5)23(28)17-11-12-20(21(13-17)31-4)33-15-22(27)25-18-9-7-8-10-19(18)30-3/h7-13,16H,6,14-15H2,1-5H3,(H,25,27). The first-order valence-corrected chi connectivity index (χ1v) is 10.4. The number of esters is 1. The van der Waals surface area contributed by atoms with Gasteiger partial charge in [-0.25, -0.2) is 0 Å². The first-order valence-electron chi connectivity index (χ1n) is 10.4. The topological polar surface area (TPSA) is 103 Å². The summed E-state index contributed by atoms with van der Waals surface area (Å²) in [5, 5.41) is 2.73. The van der Waals surface area contributed by atoms with Crippen molar-refractivity contribution < 1.29 is 33.3 Å². The summed E-state index contributed by atoms with van der Waals surface area (Å²) in [5.74, 6) is -0.312. The molecule has 2 rings (SSSR count). The van der Waals surface area contributed by atoms with Gasteiger partial charge in [0, 0.05) is 18.7 Å². The Labute approximate surface area is 193 Å². The highest BCUT2D eigenvalue weighted by Crippen LogP contribution is 2.29. The van der Waals surface area contributed by atoms with Crippen LogP contribution in [0.5, 0.6) is 17.2 Å². The molecule has 0 fully saturated rings. The van der Waals surface area contributed by atoms with E-state index in [4.69, 9.17) is 18.9 Å². The van der Waals surface area contributed by atoms with Crippen LogP contribution in [-0.4, -0.2) is 63.7 Å². The third kappa shape index (κ3) is 6.86. The number of benzene rings is 2. The normalized spacial score (nSPS) is 11.2. The molecule has 0 heterocycles. The fourth-order valence-electron chi connectivity index (χ4n) is 3.14. The largest absolute Gasteiger partial charge is 0.495 e. The Balaban J connectivity index is 2.06. The van der Waals surface area contributed by atoms with Crippen LogP contribution >= 0.6 is 0 Å². The second-order valence-electron chi connectivity index (χ2n) is 7.17. The molecule has 0 aliphatic carbocycles. The van der Waals surface area contributed by atoms with Gasteiger partial charge in [-0.3, -0.25) is 14.4 Å². The van der Waals surface area contributed by atoms with E-state index in [1.54, 1.807) is 54.3 Å². The summed E-state index contributed by atoms with van der Waals surface area (Å²) in [5.41, 5.74) is 0.902. The van der Waals surface area contributed by atoms with Crippen LogP contribution in [0.4, 0.5) is 5.69 Å². The molecule has 0 aliphatic rings. The summed E-state index contributed by atoms with van der Waals surface area (Å²) in [7, 11) is 4.28. The maximum atomic E-state index is 12.9. The number of para-hydroxylation sites is 2. The number of carbonyl (C=O) groups excluding carboxylic acids is 3. The van der Waals surface area contributed by atoms with Crippen LogP contribution in [0.15, 0.2) is 42.5 Å². The molecule has 2 amide bonds. The Morgan fingerprint density at radius 2 is 1.67 bits per heavy atom. The number of methoxy groups -OCH3 is 3. The van der Waals surface area contributed by atoms with E-state index in [0.29, 0.717) is 35.0 Å². The first-order chi connectivity index (χ1) is 15.8. The van der Waals surface area contributed by atoms with Crippen LogP contribution < -0.4 is 19.5 Å². The van der Waals surface area contributed by atoms with Gasteiger partial charge in [-0.05, 0) is 37.3 Å². The number of ether oxygens (including phenoxy) is 4. The second-order valence-corrected chi connectivity index (χ2v) is 7.17. The summed E-state index contributed by atoms with van der Waals surface area (Å²) in [6.45, 7) is 3.92. The number of rotatable bonds is 11. The number of anilines is 1. The molecule has 9 nitrogen and oxygen atoms in total. The molecule has 0 bridgehead atoms. The van der Waals surface area contributed by atoms with Gasteiger partial charge in [-0.2, -0.15) is 0 Å². The number of hydrogen-bond donors (Lipinski definition) is 1. The van der Waals surface area contributed by atoms with Crippen molar-refractivity contribution >= 4 is 23.5 Å². The Hall–Kier alpha value is -3.75. The van der Waals surface area contributed by atoms with Gasteiger partial charge in [0.05, 0.1) is 32.9 Å². The Morgan fingerprint density at radius 1 is 0.970 bits per heavy atom. The molecule has 33 heavy (non-hydrogen) atoms. The average molecular weight is 459 g/mol. The quantitative estimate of drug-likeness (QED) is 0.516. The molecule has 0 radical (unpaired) electrons. The minimum Gasteiger partial charge on any atom is -0.495 e. The zero-order valence-electron chi connectivity index (χ0n) is 19.5. The van der Waals surface area contributed by atoms with Crippen LogP contribution in [0.2, 0.25) is 0 Å². The van der Waals surface area contributed by atoms with E-state index in [-0.39, 0.29) is 30.9 Å². The molecule has 178 valence electrons. The fourth-order valence-corrected chi connectivity index (χ4v) is 3.14. The highest BCUT2D eigenvalue weighted by Gasteiger charge is 2.22. The molecule has 0 aliphatic heterocycles. The van der Waals surface area contributed by atoms with E-state index in [0.717, 1.165) is 0 Å². The minimum atomic E-state index is -0.454. The van der Waals surface area contributed by atoms with Crippen molar-refractivity contribution in [1.82, 2.24) is 4.90 Å². The first kappa shape index (κ1) is 25.5.